The van der Waals surface area contributed by atoms with Crippen LogP contribution in [0, 0.1) is 12.7 Å². The first-order chi connectivity index (χ1) is 18.5. The Morgan fingerprint density at radius 1 is 0.921 bits per heavy atom. The molecule has 0 bridgehead atoms. The van der Waals surface area contributed by atoms with Crippen LogP contribution in [-0.4, -0.2) is 34.6 Å². The smallest absolute Gasteiger partial charge is 0.243 e. The summed E-state index contributed by atoms with van der Waals surface area (Å²) in [5.74, 6) is 0.109. The van der Waals surface area contributed by atoms with Gasteiger partial charge >= 0.3 is 0 Å². The van der Waals surface area contributed by atoms with Crippen molar-refractivity contribution >= 4 is 23.6 Å². The number of thioether (sulfide) groups is 1. The molecule has 0 aliphatic heterocycles. The van der Waals surface area contributed by atoms with E-state index in [0.717, 1.165) is 41.7 Å². The Hall–Kier alpha value is -3.12. The van der Waals surface area contributed by atoms with E-state index in [1.54, 1.807) is 28.8 Å². The van der Waals surface area contributed by atoms with Crippen molar-refractivity contribution in [2.24, 2.45) is 0 Å². The van der Waals surface area contributed by atoms with Gasteiger partial charge in [-0.1, -0.05) is 79.4 Å². The maximum atomic E-state index is 13.8. The zero-order valence-corrected chi connectivity index (χ0v) is 22.9. The maximum Gasteiger partial charge on any atom is 0.243 e. The second kappa shape index (κ2) is 14.1. The van der Waals surface area contributed by atoms with Gasteiger partial charge in [-0.2, -0.15) is 0 Å². The molecule has 38 heavy (non-hydrogen) atoms. The lowest BCUT2D eigenvalue weighted by molar-refractivity contribution is -0.141. The number of nitrogens with one attached hydrogen (secondary N) is 1. The number of benzene rings is 3. The van der Waals surface area contributed by atoms with Crippen LogP contribution in [0.3, 0.4) is 0 Å². The van der Waals surface area contributed by atoms with E-state index in [1.165, 1.54) is 24.1 Å². The van der Waals surface area contributed by atoms with Gasteiger partial charge < -0.3 is 10.2 Å². The highest BCUT2D eigenvalue weighted by Gasteiger charge is 2.31. The number of nitrogens with zero attached hydrogens (tertiary/aromatic N) is 1. The van der Waals surface area contributed by atoms with Gasteiger partial charge in [-0.3, -0.25) is 9.59 Å². The average molecular weight is 533 g/mol. The molecule has 4 nitrogen and oxygen atoms in total. The molecule has 0 spiro atoms. The molecular weight excluding hydrogens is 495 g/mol. The van der Waals surface area contributed by atoms with Crippen LogP contribution < -0.4 is 5.32 Å². The largest absolute Gasteiger partial charge is 0.352 e. The monoisotopic (exact) mass is 532 g/mol. The fraction of sp³-hybridized carbons (Fsp3) is 0.375. The van der Waals surface area contributed by atoms with Crippen LogP contribution in [0.25, 0.3) is 0 Å². The minimum absolute atomic E-state index is 0.0753. The molecule has 0 heterocycles. The molecule has 3 aromatic carbocycles. The van der Waals surface area contributed by atoms with Gasteiger partial charge in [0.2, 0.25) is 11.8 Å². The van der Waals surface area contributed by atoms with Crippen molar-refractivity contribution in [2.75, 3.05) is 5.75 Å². The molecule has 1 atom stereocenters. The maximum absolute atomic E-state index is 13.8. The topological polar surface area (TPSA) is 49.4 Å². The Morgan fingerprint density at radius 2 is 1.61 bits per heavy atom. The van der Waals surface area contributed by atoms with Gasteiger partial charge in [0.05, 0.1) is 0 Å². The highest BCUT2D eigenvalue weighted by molar-refractivity contribution is 7.99. The highest BCUT2D eigenvalue weighted by atomic mass is 32.2. The summed E-state index contributed by atoms with van der Waals surface area (Å²) in [6, 6.07) is 23.8. The standard InChI is InChI=1S/C32H37FN2O2S/c1-24-12-18-29(19-13-24)38-21-20-31(36)35(23-26-14-16-27(33)17-15-26)30(22-25-8-4-2-5-9-25)32(37)34-28-10-6-3-7-11-28/h2,4-5,8-9,12-19,28,30H,3,6-7,10-11,20-23H2,1H3,(H,34,37)/t30-/m1/s1. The van der Waals surface area contributed by atoms with Crippen LogP contribution in [0.4, 0.5) is 4.39 Å². The van der Waals surface area contributed by atoms with E-state index in [-0.39, 0.29) is 30.2 Å². The fourth-order valence-electron chi connectivity index (χ4n) is 4.92. The second-order valence-corrected chi connectivity index (χ2v) is 11.3. The Morgan fingerprint density at radius 3 is 2.29 bits per heavy atom. The summed E-state index contributed by atoms with van der Waals surface area (Å²) in [5.41, 5.74) is 3.00. The summed E-state index contributed by atoms with van der Waals surface area (Å²) in [6.07, 6.45) is 6.12. The number of aryl methyl sites for hydroxylation is 1. The Balaban J connectivity index is 1.55. The molecular formula is C32H37FN2O2S. The normalized spacial score (nSPS) is 14.6. The number of hydrogen-bond donors (Lipinski definition) is 1. The molecule has 0 saturated heterocycles. The number of rotatable bonds is 11. The minimum Gasteiger partial charge on any atom is -0.352 e. The van der Waals surface area contributed by atoms with Gasteiger partial charge in [0.25, 0.3) is 0 Å². The number of halogens is 1. The van der Waals surface area contributed by atoms with Crippen molar-refractivity contribution in [2.45, 2.75) is 75.4 Å². The van der Waals surface area contributed by atoms with Crippen molar-refractivity contribution in [3.05, 3.63) is 101 Å². The Kier molecular flexibility index (Phi) is 10.4. The van der Waals surface area contributed by atoms with E-state index in [1.807, 2.05) is 30.3 Å². The molecule has 6 heteroatoms. The zero-order chi connectivity index (χ0) is 26.7. The van der Waals surface area contributed by atoms with Gasteiger partial charge in [-0.25, -0.2) is 4.39 Å². The van der Waals surface area contributed by atoms with Crippen molar-refractivity contribution in [3.8, 4) is 0 Å². The van der Waals surface area contributed by atoms with Crippen molar-refractivity contribution < 1.29 is 14.0 Å². The molecule has 0 unspecified atom stereocenters. The molecule has 0 aromatic heterocycles. The van der Waals surface area contributed by atoms with Gasteiger partial charge in [0, 0.05) is 36.1 Å². The number of carbonyl (C=O) groups excluding carboxylic acids is 2. The van der Waals surface area contributed by atoms with Crippen molar-refractivity contribution in [1.82, 2.24) is 10.2 Å². The van der Waals surface area contributed by atoms with Crippen molar-refractivity contribution in [3.63, 3.8) is 0 Å². The predicted octanol–water partition coefficient (Wildman–Crippen LogP) is 6.71. The quantitative estimate of drug-likeness (QED) is 0.279. The first-order valence-corrected chi connectivity index (χ1v) is 14.5. The lowest BCUT2D eigenvalue weighted by Crippen LogP contribution is -2.52. The molecule has 1 aliphatic carbocycles. The summed E-state index contributed by atoms with van der Waals surface area (Å²) < 4.78 is 13.6. The van der Waals surface area contributed by atoms with Gasteiger partial charge in [-0.15, -0.1) is 11.8 Å². The lowest BCUT2D eigenvalue weighted by Gasteiger charge is -2.33. The van der Waals surface area contributed by atoms with E-state index < -0.39 is 6.04 Å². The van der Waals surface area contributed by atoms with Crippen molar-refractivity contribution in [1.29, 1.82) is 0 Å². The molecule has 1 fully saturated rings. The van der Waals surface area contributed by atoms with E-state index in [0.29, 0.717) is 18.6 Å². The highest BCUT2D eigenvalue weighted by Crippen LogP contribution is 2.23. The molecule has 1 aliphatic rings. The third-order valence-electron chi connectivity index (χ3n) is 7.09. The molecule has 0 radical (unpaired) electrons. The summed E-state index contributed by atoms with van der Waals surface area (Å²) in [6.45, 7) is 2.31. The summed E-state index contributed by atoms with van der Waals surface area (Å²) >= 11 is 1.64. The van der Waals surface area contributed by atoms with Gasteiger partial charge in [-0.05, 0) is 55.2 Å². The van der Waals surface area contributed by atoms with E-state index in [9.17, 15) is 14.0 Å². The van der Waals surface area contributed by atoms with Crippen LogP contribution in [0.15, 0.2) is 83.8 Å². The fourth-order valence-corrected chi connectivity index (χ4v) is 5.76. The number of hydrogen-bond acceptors (Lipinski definition) is 3. The molecule has 4 rings (SSSR count). The molecule has 1 N–H and O–H groups in total. The van der Waals surface area contributed by atoms with Crippen LogP contribution >= 0.6 is 11.8 Å². The van der Waals surface area contributed by atoms with Crippen LogP contribution in [-0.2, 0) is 22.6 Å². The minimum atomic E-state index is -0.652. The van der Waals surface area contributed by atoms with Gasteiger partial charge in [0.15, 0.2) is 0 Å². The van der Waals surface area contributed by atoms with E-state index in [4.69, 9.17) is 0 Å². The average Bonchev–Trinajstić information content (AvgIpc) is 2.94. The molecule has 200 valence electrons. The SMILES string of the molecule is Cc1ccc(SCCC(=O)N(Cc2ccc(F)cc2)[C@H](Cc2ccccc2)C(=O)NC2CCCCC2)cc1. The van der Waals surface area contributed by atoms with Crippen LogP contribution in [0.5, 0.6) is 0 Å². The third-order valence-corrected chi connectivity index (χ3v) is 8.11. The molecule has 3 aromatic rings. The first kappa shape index (κ1) is 27.9. The Bertz CT molecular complexity index is 1160. The summed E-state index contributed by atoms with van der Waals surface area (Å²) in [5, 5.41) is 3.26. The molecule has 1 saturated carbocycles. The van der Waals surface area contributed by atoms with Gasteiger partial charge in [0.1, 0.15) is 11.9 Å². The van der Waals surface area contributed by atoms with Crippen LogP contribution in [0.2, 0.25) is 0 Å². The summed E-state index contributed by atoms with van der Waals surface area (Å²) in [7, 11) is 0. The number of carbonyl (C=O) groups is 2. The number of amides is 2. The summed E-state index contributed by atoms with van der Waals surface area (Å²) in [4.78, 5) is 30.3. The van der Waals surface area contributed by atoms with E-state index >= 15 is 0 Å². The predicted molar refractivity (Wildman–Crippen MR) is 152 cm³/mol. The lowest BCUT2D eigenvalue weighted by atomic mass is 9.94. The molecule has 2 amide bonds. The second-order valence-electron chi connectivity index (χ2n) is 10.1. The van der Waals surface area contributed by atoms with Crippen LogP contribution in [0.1, 0.15) is 55.2 Å². The zero-order valence-electron chi connectivity index (χ0n) is 22.1. The first-order valence-electron chi connectivity index (χ1n) is 13.6. The van der Waals surface area contributed by atoms with E-state index in [2.05, 4.69) is 36.5 Å². The third kappa shape index (κ3) is 8.45. The Labute approximate surface area is 230 Å².